The van der Waals surface area contributed by atoms with Crippen LogP contribution in [0.4, 0.5) is 0 Å². The Labute approximate surface area is 91.8 Å². The van der Waals surface area contributed by atoms with Crippen molar-refractivity contribution >= 4 is 11.6 Å². The van der Waals surface area contributed by atoms with Crippen molar-refractivity contribution in [3.63, 3.8) is 0 Å². The molecule has 0 fully saturated rings. The van der Waals surface area contributed by atoms with Crippen molar-refractivity contribution in [1.82, 2.24) is 10.2 Å². The summed E-state index contributed by atoms with van der Waals surface area (Å²) < 4.78 is 10.6. The van der Waals surface area contributed by atoms with E-state index in [4.69, 9.17) is 20.8 Å². The molecule has 0 saturated heterocycles. The number of benzene rings is 1. The van der Waals surface area contributed by atoms with E-state index in [1.54, 1.807) is 0 Å². The van der Waals surface area contributed by atoms with Gasteiger partial charge in [0.15, 0.2) is 6.61 Å². The Bertz CT molecular complexity index is 416. The third-order valence-electron chi connectivity index (χ3n) is 1.73. The van der Waals surface area contributed by atoms with Crippen molar-refractivity contribution in [1.29, 1.82) is 0 Å². The largest absolute Gasteiger partial charge is 0.484 e. The van der Waals surface area contributed by atoms with Gasteiger partial charge in [-0.25, -0.2) is 0 Å². The number of hydrogen-bond donors (Lipinski definition) is 0. The number of halogens is 1. The summed E-state index contributed by atoms with van der Waals surface area (Å²) in [5.74, 6) is 1.82. The van der Waals surface area contributed by atoms with Crippen molar-refractivity contribution in [3.05, 3.63) is 42.1 Å². The first-order valence-electron chi connectivity index (χ1n) is 4.43. The molecule has 78 valence electrons. The number of alkyl halides is 1. The van der Waals surface area contributed by atoms with Gasteiger partial charge in [-0.1, -0.05) is 18.2 Å². The average molecular weight is 225 g/mol. The van der Waals surface area contributed by atoms with Crippen LogP contribution in [0.15, 0.2) is 34.7 Å². The average Bonchev–Trinajstić information content (AvgIpc) is 2.76. The van der Waals surface area contributed by atoms with Crippen LogP contribution >= 0.6 is 11.6 Å². The molecule has 0 amide bonds. The zero-order valence-electron chi connectivity index (χ0n) is 7.89. The van der Waals surface area contributed by atoms with Gasteiger partial charge in [-0.3, -0.25) is 0 Å². The molecule has 0 atom stereocenters. The molecule has 0 bridgehead atoms. The Morgan fingerprint density at radius 1 is 1.13 bits per heavy atom. The molecule has 1 aromatic carbocycles. The fourth-order valence-electron chi connectivity index (χ4n) is 1.06. The molecule has 2 aromatic rings. The lowest BCUT2D eigenvalue weighted by Crippen LogP contribution is -1.95. The minimum absolute atomic E-state index is 0.221. The van der Waals surface area contributed by atoms with E-state index in [0.29, 0.717) is 11.8 Å². The molecule has 0 spiro atoms. The summed E-state index contributed by atoms with van der Waals surface area (Å²) in [6.07, 6.45) is 0. The highest BCUT2D eigenvalue weighted by atomic mass is 35.5. The van der Waals surface area contributed by atoms with E-state index in [1.807, 2.05) is 30.3 Å². The number of nitrogens with zero attached hydrogens (tertiary/aromatic N) is 2. The van der Waals surface area contributed by atoms with Gasteiger partial charge in [0.05, 0.1) is 0 Å². The van der Waals surface area contributed by atoms with Gasteiger partial charge >= 0.3 is 0 Å². The fraction of sp³-hybridized carbons (Fsp3) is 0.200. The molecule has 0 aliphatic rings. The van der Waals surface area contributed by atoms with E-state index in [-0.39, 0.29) is 12.5 Å². The quantitative estimate of drug-likeness (QED) is 0.749. The highest BCUT2D eigenvalue weighted by molar-refractivity contribution is 6.16. The lowest BCUT2D eigenvalue weighted by atomic mass is 10.3. The molecular weight excluding hydrogens is 216 g/mol. The summed E-state index contributed by atoms with van der Waals surface area (Å²) in [6, 6.07) is 9.43. The molecule has 1 aromatic heterocycles. The Balaban J connectivity index is 1.93. The molecule has 0 N–H and O–H groups in total. The summed E-state index contributed by atoms with van der Waals surface area (Å²) in [5.41, 5.74) is 0. The Morgan fingerprint density at radius 2 is 1.87 bits per heavy atom. The summed E-state index contributed by atoms with van der Waals surface area (Å²) in [6.45, 7) is 0.258. The molecule has 1 heterocycles. The molecular formula is C10H9ClN2O2. The number of hydrogen-bond acceptors (Lipinski definition) is 4. The van der Waals surface area contributed by atoms with Gasteiger partial charge in [0.2, 0.25) is 5.89 Å². The third kappa shape index (κ3) is 2.70. The first kappa shape index (κ1) is 9.98. The van der Waals surface area contributed by atoms with Gasteiger partial charge in [-0.05, 0) is 12.1 Å². The standard InChI is InChI=1S/C10H9ClN2O2/c11-6-9-12-13-10(15-9)7-14-8-4-2-1-3-5-8/h1-5H,6-7H2. The predicted molar refractivity (Wildman–Crippen MR) is 54.6 cm³/mol. The van der Waals surface area contributed by atoms with Crippen molar-refractivity contribution in [2.24, 2.45) is 0 Å². The summed E-state index contributed by atoms with van der Waals surface area (Å²) in [5, 5.41) is 7.49. The van der Waals surface area contributed by atoms with Crippen LogP contribution in [-0.4, -0.2) is 10.2 Å². The van der Waals surface area contributed by atoms with Crippen molar-refractivity contribution in [2.45, 2.75) is 12.5 Å². The van der Waals surface area contributed by atoms with Crippen LogP contribution in [0, 0.1) is 0 Å². The maximum atomic E-state index is 5.52. The van der Waals surface area contributed by atoms with E-state index in [9.17, 15) is 0 Å². The smallest absolute Gasteiger partial charge is 0.253 e. The minimum atomic E-state index is 0.221. The van der Waals surface area contributed by atoms with Gasteiger partial charge in [0.25, 0.3) is 5.89 Å². The summed E-state index contributed by atoms with van der Waals surface area (Å²) >= 11 is 5.52. The Hall–Kier alpha value is -1.55. The molecule has 0 aliphatic heterocycles. The van der Waals surface area contributed by atoms with Crippen LogP contribution in [0.2, 0.25) is 0 Å². The van der Waals surface area contributed by atoms with E-state index >= 15 is 0 Å². The number of rotatable bonds is 4. The third-order valence-corrected chi connectivity index (χ3v) is 1.96. The fourth-order valence-corrected chi connectivity index (χ4v) is 1.17. The molecule has 0 unspecified atom stereocenters. The monoisotopic (exact) mass is 224 g/mol. The maximum Gasteiger partial charge on any atom is 0.253 e. The van der Waals surface area contributed by atoms with E-state index in [1.165, 1.54) is 0 Å². The SMILES string of the molecule is ClCc1nnc(COc2ccccc2)o1. The number of para-hydroxylation sites is 1. The molecule has 0 radical (unpaired) electrons. The Kier molecular flexibility index (Phi) is 3.19. The molecule has 2 rings (SSSR count). The Morgan fingerprint density at radius 3 is 2.53 bits per heavy atom. The minimum Gasteiger partial charge on any atom is -0.484 e. The molecule has 0 aliphatic carbocycles. The highest BCUT2D eigenvalue weighted by Crippen LogP contribution is 2.11. The van der Waals surface area contributed by atoms with Gasteiger partial charge in [-0.2, -0.15) is 0 Å². The van der Waals surface area contributed by atoms with Crippen LogP contribution in [0.25, 0.3) is 0 Å². The topological polar surface area (TPSA) is 48.2 Å². The highest BCUT2D eigenvalue weighted by Gasteiger charge is 2.04. The zero-order chi connectivity index (χ0) is 10.5. The van der Waals surface area contributed by atoms with Crippen molar-refractivity contribution < 1.29 is 9.15 Å². The molecule has 5 heteroatoms. The second-order valence-electron chi connectivity index (χ2n) is 2.82. The van der Waals surface area contributed by atoms with E-state index in [2.05, 4.69) is 10.2 Å². The first-order chi connectivity index (χ1) is 7.38. The van der Waals surface area contributed by atoms with Crippen LogP contribution in [0.3, 0.4) is 0 Å². The van der Waals surface area contributed by atoms with Crippen molar-refractivity contribution in [3.8, 4) is 5.75 Å². The lowest BCUT2D eigenvalue weighted by molar-refractivity contribution is 0.260. The molecule has 0 saturated carbocycles. The molecule has 15 heavy (non-hydrogen) atoms. The predicted octanol–water partition coefficient (Wildman–Crippen LogP) is 2.39. The van der Waals surface area contributed by atoms with Crippen LogP contribution in [0.1, 0.15) is 11.8 Å². The maximum absolute atomic E-state index is 5.52. The van der Waals surface area contributed by atoms with Crippen LogP contribution < -0.4 is 4.74 Å². The van der Waals surface area contributed by atoms with Gasteiger partial charge < -0.3 is 9.15 Å². The normalized spacial score (nSPS) is 10.2. The number of ether oxygens (including phenoxy) is 1. The zero-order valence-corrected chi connectivity index (χ0v) is 8.65. The summed E-state index contributed by atoms with van der Waals surface area (Å²) in [4.78, 5) is 0. The molecule has 4 nitrogen and oxygen atoms in total. The van der Waals surface area contributed by atoms with Gasteiger partial charge in [-0.15, -0.1) is 21.8 Å². The van der Waals surface area contributed by atoms with E-state index < -0.39 is 0 Å². The van der Waals surface area contributed by atoms with Gasteiger partial charge in [0.1, 0.15) is 11.6 Å². The first-order valence-corrected chi connectivity index (χ1v) is 4.97. The van der Waals surface area contributed by atoms with Crippen LogP contribution in [0.5, 0.6) is 5.75 Å². The summed E-state index contributed by atoms with van der Waals surface area (Å²) in [7, 11) is 0. The van der Waals surface area contributed by atoms with Crippen LogP contribution in [-0.2, 0) is 12.5 Å². The lowest BCUT2D eigenvalue weighted by Gasteiger charge is -2.01. The number of aromatic nitrogens is 2. The van der Waals surface area contributed by atoms with Crippen molar-refractivity contribution in [2.75, 3.05) is 0 Å². The second kappa shape index (κ2) is 4.79. The van der Waals surface area contributed by atoms with E-state index in [0.717, 1.165) is 5.75 Å². The van der Waals surface area contributed by atoms with Gasteiger partial charge in [0, 0.05) is 0 Å². The second-order valence-corrected chi connectivity index (χ2v) is 3.09.